The third kappa shape index (κ3) is 3.63. The molecule has 0 bridgehead atoms. The number of ether oxygens (including phenoxy) is 3. The van der Waals surface area contributed by atoms with E-state index in [1.807, 2.05) is 17.0 Å². The molecule has 0 N–H and O–H groups in total. The van der Waals surface area contributed by atoms with Gasteiger partial charge in [0.2, 0.25) is 5.91 Å². The Labute approximate surface area is 151 Å². The monoisotopic (exact) mass is 362 g/mol. The molecule has 3 heterocycles. The Kier molecular flexibility index (Phi) is 4.87. The largest absolute Gasteiger partial charge is 0.486 e. The van der Waals surface area contributed by atoms with Crippen LogP contribution in [0.1, 0.15) is 6.42 Å². The molecule has 0 spiro atoms. The van der Waals surface area contributed by atoms with E-state index < -0.39 is 0 Å². The van der Waals surface area contributed by atoms with Crippen LogP contribution in [0.5, 0.6) is 11.5 Å². The number of carbonyl (C=O) groups excluding carboxylic acids is 1. The standard InChI is InChI=1S/C18H22N2O4S/c1-22-5-4-18(21)19-9-13-11-20(12-14(13)10-19)25-15-2-3-16-17(8-15)24-7-6-23-16/h2-3,8H,4-7,9-12H2,1H3. The van der Waals surface area contributed by atoms with Crippen molar-refractivity contribution in [2.75, 3.05) is 53.1 Å². The predicted molar refractivity (Wildman–Crippen MR) is 95.0 cm³/mol. The van der Waals surface area contributed by atoms with Crippen LogP contribution in [0.4, 0.5) is 0 Å². The van der Waals surface area contributed by atoms with Crippen molar-refractivity contribution in [3.63, 3.8) is 0 Å². The second-order valence-electron chi connectivity index (χ2n) is 6.39. The first-order valence-corrected chi connectivity index (χ1v) is 9.29. The molecule has 3 aliphatic heterocycles. The Hall–Kier alpha value is -1.70. The summed E-state index contributed by atoms with van der Waals surface area (Å²) in [6.45, 7) is 5.04. The third-order valence-corrected chi connectivity index (χ3v) is 5.60. The van der Waals surface area contributed by atoms with Gasteiger partial charge in [-0.15, -0.1) is 0 Å². The summed E-state index contributed by atoms with van der Waals surface area (Å²) in [5.41, 5.74) is 2.77. The lowest BCUT2D eigenvalue weighted by molar-refractivity contribution is -0.130. The van der Waals surface area contributed by atoms with Crippen molar-refractivity contribution >= 4 is 17.9 Å². The Morgan fingerprint density at radius 2 is 1.84 bits per heavy atom. The van der Waals surface area contributed by atoms with Crippen molar-refractivity contribution in [1.82, 2.24) is 9.21 Å². The fourth-order valence-corrected chi connectivity index (χ4v) is 4.39. The summed E-state index contributed by atoms with van der Waals surface area (Å²) >= 11 is 1.74. The molecule has 1 aromatic carbocycles. The highest BCUT2D eigenvalue weighted by Gasteiger charge is 2.32. The van der Waals surface area contributed by atoms with Crippen LogP contribution in [-0.4, -0.2) is 68.2 Å². The smallest absolute Gasteiger partial charge is 0.225 e. The minimum Gasteiger partial charge on any atom is -0.486 e. The van der Waals surface area contributed by atoms with Crippen molar-refractivity contribution in [3.05, 3.63) is 29.3 Å². The second-order valence-corrected chi connectivity index (χ2v) is 7.56. The lowest BCUT2D eigenvalue weighted by Gasteiger charge is -2.23. The number of carbonyl (C=O) groups is 1. The summed E-state index contributed by atoms with van der Waals surface area (Å²) in [6.07, 6.45) is 0.465. The van der Waals surface area contributed by atoms with Crippen molar-refractivity contribution < 1.29 is 19.0 Å². The highest BCUT2D eigenvalue weighted by Crippen LogP contribution is 2.38. The van der Waals surface area contributed by atoms with Crippen molar-refractivity contribution in [2.45, 2.75) is 11.3 Å². The fourth-order valence-electron chi connectivity index (χ4n) is 3.36. The van der Waals surface area contributed by atoms with E-state index in [0.717, 1.165) is 42.6 Å². The number of hydrogen-bond donors (Lipinski definition) is 0. The number of methoxy groups -OCH3 is 1. The molecule has 134 valence electrons. The number of hydrogen-bond acceptors (Lipinski definition) is 6. The zero-order valence-corrected chi connectivity index (χ0v) is 15.1. The molecule has 0 fully saturated rings. The maximum atomic E-state index is 12.1. The number of benzene rings is 1. The molecule has 1 amide bonds. The first-order chi connectivity index (χ1) is 12.2. The molecule has 4 rings (SSSR count). The van der Waals surface area contributed by atoms with Crippen LogP contribution in [0, 0.1) is 0 Å². The van der Waals surface area contributed by atoms with Crippen LogP contribution in [-0.2, 0) is 9.53 Å². The van der Waals surface area contributed by atoms with Gasteiger partial charge in [0.05, 0.1) is 13.0 Å². The first kappa shape index (κ1) is 16.8. The highest BCUT2D eigenvalue weighted by atomic mass is 32.2. The average molecular weight is 362 g/mol. The minimum absolute atomic E-state index is 0.183. The molecule has 0 atom stereocenters. The Balaban J connectivity index is 1.31. The van der Waals surface area contributed by atoms with E-state index in [4.69, 9.17) is 14.2 Å². The van der Waals surface area contributed by atoms with E-state index >= 15 is 0 Å². The maximum Gasteiger partial charge on any atom is 0.225 e. The van der Waals surface area contributed by atoms with Gasteiger partial charge in [-0.2, -0.15) is 0 Å². The van der Waals surface area contributed by atoms with Crippen molar-refractivity contribution in [1.29, 1.82) is 0 Å². The van der Waals surface area contributed by atoms with E-state index in [1.54, 1.807) is 19.1 Å². The zero-order chi connectivity index (χ0) is 17.2. The van der Waals surface area contributed by atoms with E-state index in [2.05, 4.69) is 10.4 Å². The average Bonchev–Trinajstić information content (AvgIpc) is 3.18. The van der Waals surface area contributed by atoms with Crippen LogP contribution >= 0.6 is 11.9 Å². The van der Waals surface area contributed by atoms with Crippen LogP contribution in [0.25, 0.3) is 0 Å². The number of amides is 1. The van der Waals surface area contributed by atoms with Gasteiger partial charge < -0.3 is 19.1 Å². The normalized spacial score (nSPS) is 19.5. The number of nitrogens with zero attached hydrogens (tertiary/aromatic N) is 2. The molecular weight excluding hydrogens is 340 g/mol. The lowest BCUT2D eigenvalue weighted by Crippen LogP contribution is -2.33. The molecule has 0 aromatic heterocycles. The van der Waals surface area contributed by atoms with E-state index in [0.29, 0.717) is 26.2 Å². The zero-order valence-electron chi connectivity index (χ0n) is 14.3. The van der Waals surface area contributed by atoms with Crippen LogP contribution in [0.3, 0.4) is 0 Å². The van der Waals surface area contributed by atoms with Crippen molar-refractivity contribution in [2.24, 2.45) is 0 Å². The predicted octanol–water partition coefficient (Wildman–Crippen LogP) is 1.96. The van der Waals surface area contributed by atoms with Crippen LogP contribution in [0.15, 0.2) is 34.2 Å². The van der Waals surface area contributed by atoms with Crippen molar-refractivity contribution in [3.8, 4) is 11.5 Å². The van der Waals surface area contributed by atoms with E-state index in [9.17, 15) is 4.79 Å². The van der Waals surface area contributed by atoms with Crippen LogP contribution < -0.4 is 9.47 Å². The van der Waals surface area contributed by atoms with Crippen LogP contribution in [0.2, 0.25) is 0 Å². The summed E-state index contributed by atoms with van der Waals surface area (Å²) in [6, 6.07) is 6.09. The van der Waals surface area contributed by atoms with Gasteiger partial charge in [-0.25, -0.2) is 4.31 Å². The topological polar surface area (TPSA) is 51.2 Å². The highest BCUT2D eigenvalue weighted by molar-refractivity contribution is 7.97. The molecule has 0 saturated carbocycles. The Morgan fingerprint density at radius 1 is 1.12 bits per heavy atom. The molecule has 0 aliphatic carbocycles. The summed E-state index contributed by atoms with van der Waals surface area (Å²) in [4.78, 5) is 15.2. The minimum atomic E-state index is 0.183. The molecule has 0 saturated heterocycles. The van der Waals surface area contributed by atoms with E-state index in [-0.39, 0.29) is 5.91 Å². The molecule has 0 radical (unpaired) electrons. The Morgan fingerprint density at radius 3 is 2.56 bits per heavy atom. The number of rotatable bonds is 5. The van der Waals surface area contributed by atoms with Gasteiger partial charge in [-0.05, 0) is 41.3 Å². The molecule has 3 aliphatic rings. The van der Waals surface area contributed by atoms with Gasteiger partial charge in [0.1, 0.15) is 13.2 Å². The fraction of sp³-hybridized carbons (Fsp3) is 0.500. The van der Waals surface area contributed by atoms with Gasteiger partial charge in [0.25, 0.3) is 0 Å². The summed E-state index contributed by atoms with van der Waals surface area (Å²) in [7, 11) is 1.63. The summed E-state index contributed by atoms with van der Waals surface area (Å²) in [5.74, 6) is 1.83. The molecule has 6 nitrogen and oxygen atoms in total. The van der Waals surface area contributed by atoms with Gasteiger partial charge in [-0.1, -0.05) is 0 Å². The summed E-state index contributed by atoms with van der Waals surface area (Å²) in [5, 5.41) is 0. The third-order valence-electron chi connectivity index (χ3n) is 4.62. The SMILES string of the molecule is COCCC(=O)N1CC2=C(CN(Sc3ccc4c(c3)OCCO4)C2)C1. The first-order valence-electron chi connectivity index (χ1n) is 8.52. The summed E-state index contributed by atoms with van der Waals surface area (Å²) < 4.78 is 18.6. The van der Waals surface area contributed by atoms with Gasteiger partial charge in [0.15, 0.2) is 11.5 Å². The molecule has 25 heavy (non-hydrogen) atoms. The van der Waals surface area contributed by atoms with Gasteiger partial charge in [-0.3, -0.25) is 4.79 Å². The molecule has 0 unspecified atom stereocenters. The van der Waals surface area contributed by atoms with Gasteiger partial charge >= 0.3 is 0 Å². The molecule has 1 aromatic rings. The quantitative estimate of drug-likeness (QED) is 0.590. The molecular formula is C18H22N2O4S. The Bertz CT molecular complexity index is 688. The lowest BCUT2D eigenvalue weighted by atomic mass is 10.2. The maximum absolute atomic E-state index is 12.1. The van der Waals surface area contributed by atoms with Gasteiger partial charge in [0, 0.05) is 38.2 Å². The molecule has 7 heteroatoms. The second kappa shape index (κ2) is 7.27. The van der Waals surface area contributed by atoms with E-state index in [1.165, 1.54) is 11.1 Å². The number of fused-ring (bicyclic) bond motifs is 1.